The molecule has 0 amide bonds. The first kappa shape index (κ1) is 31.8. The third-order valence-electron chi connectivity index (χ3n) is 7.06. The molecule has 0 spiro atoms. The molecule has 1 aliphatic rings. The summed E-state index contributed by atoms with van der Waals surface area (Å²) in [4.78, 5) is 32.4. The number of aromatic nitrogens is 1. The van der Waals surface area contributed by atoms with Gasteiger partial charge in [0.1, 0.15) is 12.4 Å². The SMILES string of the molecule is CCOC(=O)C1=C(C)N=c2s/c(=C/c3ccc(OCc4ccc(C#N)cc4)cc3)c(=O)n2[C@@H]1c1cc(OC)c(OCC)cc1Br. The molecule has 0 saturated heterocycles. The van der Waals surface area contributed by atoms with Gasteiger partial charge < -0.3 is 18.9 Å². The van der Waals surface area contributed by atoms with Crippen molar-refractivity contribution in [2.45, 2.75) is 33.4 Å². The second-order valence-corrected chi connectivity index (χ2v) is 11.8. The number of nitrogens with zero attached hydrogens (tertiary/aromatic N) is 3. The van der Waals surface area contributed by atoms with Crippen molar-refractivity contribution in [3.05, 3.63) is 118 Å². The number of hydrogen-bond acceptors (Lipinski definition) is 9. The molecule has 3 aromatic carbocycles. The Bertz CT molecular complexity index is 1990. The van der Waals surface area contributed by atoms with Crippen LogP contribution in [0.15, 0.2) is 86.2 Å². The summed E-state index contributed by atoms with van der Waals surface area (Å²) in [5, 5.41) is 8.98. The normalized spacial score (nSPS) is 14.3. The van der Waals surface area contributed by atoms with Gasteiger partial charge in [-0.05, 0) is 79.9 Å². The molecule has 5 rings (SSSR count). The zero-order valence-electron chi connectivity index (χ0n) is 25.1. The molecule has 0 unspecified atom stereocenters. The van der Waals surface area contributed by atoms with Gasteiger partial charge in [0.15, 0.2) is 16.3 Å². The van der Waals surface area contributed by atoms with Gasteiger partial charge in [0.25, 0.3) is 5.56 Å². The number of ether oxygens (including phenoxy) is 4. The first-order chi connectivity index (χ1) is 21.8. The second-order valence-electron chi connectivity index (χ2n) is 9.93. The third-order valence-corrected chi connectivity index (χ3v) is 8.73. The fraction of sp³-hybridized carbons (Fsp3) is 0.235. The molecular weight excluding hydrogens is 658 g/mol. The minimum atomic E-state index is -0.820. The summed E-state index contributed by atoms with van der Waals surface area (Å²) in [5.41, 5.74) is 3.42. The van der Waals surface area contributed by atoms with Crippen LogP contribution in [0.3, 0.4) is 0 Å². The molecular formula is C34H30BrN3O6S. The highest BCUT2D eigenvalue weighted by molar-refractivity contribution is 9.10. The number of carbonyl (C=O) groups excluding carboxylic acids is 1. The van der Waals surface area contributed by atoms with Gasteiger partial charge in [-0.1, -0.05) is 51.5 Å². The van der Waals surface area contributed by atoms with E-state index in [-0.39, 0.29) is 17.7 Å². The Labute approximate surface area is 272 Å². The molecule has 0 bridgehead atoms. The van der Waals surface area contributed by atoms with Gasteiger partial charge >= 0.3 is 5.97 Å². The molecule has 1 aliphatic heterocycles. The molecule has 0 fully saturated rings. The van der Waals surface area contributed by atoms with Gasteiger partial charge in [0, 0.05) is 4.47 Å². The zero-order valence-corrected chi connectivity index (χ0v) is 27.5. The van der Waals surface area contributed by atoms with Gasteiger partial charge in [-0.25, -0.2) is 9.79 Å². The van der Waals surface area contributed by atoms with Crippen LogP contribution < -0.4 is 29.1 Å². The lowest BCUT2D eigenvalue weighted by atomic mass is 9.95. The van der Waals surface area contributed by atoms with Crippen LogP contribution in [0.1, 0.15) is 49.1 Å². The highest BCUT2D eigenvalue weighted by atomic mass is 79.9. The molecule has 1 atom stereocenters. The van der Waals surface area contributed by atoms with Crippen LogP contribution in [-0.2, 0) is 16.1 Å². The van der Waals surface area contributed by atoms with Gasteiger partial charge in [-0.3, -0.25) is 9.36 Å². The van der Waals surface area contributed by atoms with Crippen molar-refractivity contribution >= 4 is 39.3 Å². The highest BCUT2D eigenvalue weighted by Crippen LogP contribution is 2.41. The summed E-state index contributed by atoms with van der Waals surface area (Å²) in [6, 6.07) is 19.5. The lowest BCUT2D eigenvalue weighted by Gasteiger charge is -2.26. The third kappa shape index (κ3) is 6.72. The maximum absolute atomic E-state index is 14.0. The van der Waals surface area contributed by atoms with E-state index in [1.54, 1.807) is 44.2 Å². The molecule has 0 aliphatic carbocycles. The Morgan fingerprint density at radius 2 is 1.80 bits per heavy atom. The van der Waals surface area contributed by atoms with Crippen molar-refractivity contribution in [2.75, 3.05) is 20.3 Å². The fourth-order valence-electron chi connectivity index (χ4n) is 4.93. The van der Waals surface area contributed by atoms with Gasteiger partial charge in [-0.2, -0.15) is 5.26 Å². The Morgan fingerprint density at radius 1 is 1.07 bits per heavy atom. The first-order valence-corrected chi connectivity index (χ1v) is 15.8. The summed E-state index contributed by atoms with van der Waals surface area (Å²) in [7, 11) is 1.54. The van der Waals surface area contributed by atoms with Gasteiger partial charge in [-0.15, -0.1) is 0 Å². The van der Waals surface area contributed by atoms with E-state index in [9.17, 15) is 9.59 Å². The van der Waals surface area contributed by atoms with Crippen LogP contribution >= 0.6 is 27.3 Å². The van der Waals surface area contributed by atoms with Crippen LogP contribution in [-0.4, -0.2) is 30.9 Å². The molecule has 1 aromatic heterocycles. The molecule has 11 heteroatoms. The zero-order chi connectivity index (χ0) is 32.1. The van der Waals surface area contributed by atoms with Crippen molar-refractivity contribution in [1.82, 2.24) is 4.57 Å². The Morgan fingerprint density at radius 3 is 2.44 bits per heavy atom. The second kappa shape index (κ2) is 14.0. The van der Waals surface area contributed by atoms with Crippen LogP contribution in [0.4, 0.5) is 0 Å². The van der Waals surface area contributed by atoms with Gasteiger partial charge in [0.2, 0.25) is 0 Å². The smallest absolute Gasteiger partial charge is 0.338 e. The van der Waals surface area contributed by atoms with E-state index < -0.39 is 12.0 Å². The van der Waals surface area contributed by atoms with E-state index in [1.165, 1.54) is 23.0 Å². The number of thiazole rings is 1. The highest BCUT2D eigenvalue weighted by Gasteiger charge is 2.35. The number of rotatable bonds is 10. The summed E-state index contributed by atoms with van der Waals surface area (Å²) in [5.74, 6) is 1.12. The number of nitriles is 1. The number of hydrogen-bond donors (Lipinski definition) is 0. The minimum absolute atomic E-state index is 0.174. The quantitative estimate of drug-likeness (QED) is 0.205. The Kier molecular flexibility index (Phi) is 9.86. The van der Waals surface area contributed by atoms with E-state index in [1.807, 2.05) is 43.3 Å². The maximum Gasteiger partial charge on any atom is 0.338 e. The van der Waals surface area contributed by atoms with E-state index in [0.29, 0.717) is 61.1 Å². The number of benzene rings is 3. The fourth-order valence-corrected chi connectivity index (χ4v) is 6.51. The first-order valence-electron chi connectivity index (χ1n) is 14.2. The van der Waals surface area contributed by atoms with Crippen molar-refractivity contribution in [2.24, 2.45) is 4.99 Å². The predicted molar refractivity (Wildman–Crippen MR) is 174 cm³/mol. The van der Waals surface area contributed by atoms with Crippen molar-refractivity contribution in [3.63, 3.8) is 0 Å². The lowest BCUT2D eigenvalue weighted by molar-refractivity contribution is -0.139. The maximum atomic E-state index is 14.0. The predicted octanol–water partition coefficient (Wildman–Crippen LogP) is 5.42. The average Bonchev–Trinajstić information content (AvgIpc) is 3.34. The Balaban J connectivity index is 1.53. The molecule has 0 radical (unpaired) electrons. The number of carbonyl (C=O) groups is 1. The molecule has 0 saturated carbocycles. The van der Waals surface area contributed by atoms with Crippen LogP contribution in [0, 0.1) is 11.3 Å². The number of halogens is 1. The molecule has 4 aromatic rings. The summed E-state index contributed by atoms with van der Waals surface area (Å²) in [6.45, 7) is 6.33. The monoisotopic (exact) mass is 687 g/mol. The summed E-state index contributed by atoms with van der Waals surface area (Å²) < 4.78 is 25.3. The average molecular weight is 689 g/mol. The van der Waals surface area contributed by atoms with Crippen LogP contribution in [0.5, 0.6) is 17.2 Å². The standard InChI is InChI=1S/C34H30BrN3O6S/c1-5-42-28-17-26(35)25(16-27(28)41-4)31-30(33(40)43-6-2)20(3)37-34-38(31)32(39)29(45-34)15-21-11-13-24(14-12-21)44-19-23-9-7-22(18-36)8-10-23/h7-17,31H,5-6,19H2,1-4H3/b29-15+/t31-/m1/s1. The largest absolute Gasteiger partial charge is 0.493 e. The Hall–Kier alpha value is -4.66. The molecule has 2 heterocycles. The lowest BCUT2D eigenvalue weighted by Crippen LogP contribution is -2.40. The number of esters is 1. The summed E-state index contributed by atoms with van der Waals surface area (Å²) in [6.07, 6.45) is 1.79. The van der Waals surface area contributed by atoms with Crippen LogP contribution in [0.25, 0.3) is 6.08 Å². The topological polar surface area (TPSA) is 112 Å². The van der Waals surface area contributed by atoms with Crippen molar-refractivity contribution < 1.29 is 23.7 Å². The van der Waals surface area contributed by atoms with Crippen molar-refractivity contribution in [1.29, 1.82) is 5.26 Å². The van der Waals surface area contributed by atoms with E-state index >= 15 is 0 Å². The molecule has 9 nitrogen and oxygen atoms in total. The number of allylic oxidation sites excluding steroid dienone is 1. The van der Waals surface area contributed by atoms with E-state index in [2.05, 4.69) is 27.0 Å². The van der Waals surface area contributed by atoms with Crippen molar-refractivity contribution in [3.8, 4) is 23.3 Å². The van der Waals surface area contributed by atoms with E-state index in [0.717, 1.165) is 11.1 Å². The molecule has 230 valence electrons. The van der Waals surface area contributed by atoms with E-state index in [4.69, 9.17) is 24.2 Å². The molecule has 45 heavy (non-hydrogen) atoms. The minimum Gasteiger partial charge on any atom is -0.493 e. The number of fused-ring (bicyclic) bond motifs is 1. The van der Waals surface area contributed by atoms with Crippen LogP contribution in [0.2, 0.25) is 0 Å². The summed E-state index contributed by atoms with van der Waals surface area (Å²) >= 11 is 4.89. The number of methoxy groups -OCH3 is 1. The molecule has 0 N–H and O–H groups in total. The van der Waals surface area contributed by atoms with Gasteiger partial charge in [0.05, 0.1) is 53.8 Å².